The van der Waals surface area contributed by atoms with Crippen LogP contribution in [0.3, 0.4) is 0 Å². The molecular weight excluding hydrogens is 194 g/mol. The van der Waals surface area contributed by atoms with Gasteiger partial charge in [0, 0.05) is 11.7 Å². The first-order valence-electron chi connectivity index (χ1n) is 6.57. The first-order chi connectivity index (χ1) is 7.75. The summed E-state index contributed by atoms with van der Waals surface area (Å²) in [6.07, 6.45) is 14.2. The number of hydrogen-bond acceptors (Lipinski definition) is 1. The molecule has 2 aliphatic rings. The van der Waals surface area contributed by atoms with Crippen LogP contribution in [0.25, 0.3) is 0 Å². The summed E-state index contributed by atoms with van der Waals surface area (Å²) in [5.74, 6) is 0.920. The summed E-state index contributed by atoms with van der Waals surface area (Å²) in [6, 6.07) is 0.663. The van der Waals surface area contributed by atoms with E-state index in [1.54, 1.807) is 0 Å². The molecule has 0 atom stereocenters. The topological polar surface area (TPSA) is 12.0 Å². The van der Waals surface area contributed by atoms with E-state index in [1.165, 1.54) is 31.3 Å². The molecule has 0 heterocycles. The Morgan fingerprint density at radius 3 is 2.69 bits per heavy atom. The Hall–Kier alpha value is -0.980. The van der Waals surface area contributed by atoms with Crippen molar-refractivity contribution in [3.8, 4) is 0 Å². The van der Waals surface area contributed by atoms with Crippen molar-refractivity contribution in [2.24, 2.45) is 5.92 Å². The molecule has 0 radical (unpaired) electrons. The Bertz CT molecular complexity index is 303. The van der Waals surface area contributed by atoms with Crippen LogP contribution in [-0.4, -0.2) is 6.04 Å². The minimum absolute atomic E-state index is 0.663. The van der Waals surface area contributed by atoms with E-state index in [-0.39, 0.29) is 0 Å². The quantitative estimate of drug-likeness (QED) is 0.755. The van der Waals surface area contributed by atoms with Gasteiger partial charge in [-0.15, -0.1) is 0 Å². The smallest absolute Gasteiger partial charge is 0.0301 e. The second-order valence-electron chi connectivity index (χ2n) is 5.24. The zero-order valence-corrected chi connectivity index (χ0v) is 10.3. The average molecular weight is 217 g/mol. The van der Waals surface area contributed by atoms with Gasteiger partial charge >= 0.3 is 0 Å². The van der Waals surface area contributed by atoms with Crippen molar-refractivity contribution in [1.29, 1.82) is 0 Å². The summed E-state index contributed by atoms with van der Waals surface area (Å²) in [5, 5.41) is 3.61. The fourth-order valence-electron chi connectivity index (χ4n) is 2.60. The normalized spacial score (nSPS) is 29.7. The maximum atomic E-state index is 4.18. The van der Waals surface area contributed by atoms with Gasteiger partial charge in [-0.25, -0.2) is 0 Å². The number of rotatable bonds is 3. The van der Waals surface area contributed by atoms with Crippen LogP contribution in [0, 0.1) is 5.92 Å². The van der Waals surface area contributed by atoms with Gasteiger partial charge in [-0.05, 0) is 50.0 Å². The fraction of sp³-hybridized carbons (Fsp3) is 0.600. The maximum absolute atomic E-state index is 4.18. The summed E-state index contributed by atoms with van der Waals surface area (Å²) < 4.78 is 0. The van der Waals surface area contributed by atoms with Gasteiger partial charge in [-0.2, -0.15) is 0 Å². The van der Waals surface area contributed by atoms with Crippen molar-refractivity contribution in [3.05, 3.63) is 36.1 Å². The van der Waals surface area contributed by atoms with Gasteiger partial charge in [-0.3, -0.25) is 0 Å². The third kappa shape index (κ3) is 3.01. The zero-order chi connectivity index (χ0) is 11.4. The molecule has 0 aromatic heterocycles. The Morgan fingerprint density at radius 1 is 1.31 bits per heavy atom. The first-order valence-corrected chi connectivity index (χ1v) is 6.57. The predicted molar refractivity (Wildman–Crippen MR) is 70.2 cm³/mol. The minimum atomic E-state index is 0.663. The fourth-order valence-corrected chi connectivity index (χ4v) is 2.60. The Labute approximate surface area is 99.3 Å². The van der Waals surface area contributed by atoms with Crippen molar-refractivity contribution in [3.63, 3.8) is 0 Å². The molecule has 1 fully saturated rings. The van der Waals surface area contributed by atoms with E-state index in [9.17, 15) is 0 Å². The van der Waals surface area contributed by atoms with E-state index in [0.717, 1.165) is 24.5 Å². The molecule has 0 unspecified atom stereocenters. The molecule has 1 N–H and O–H groups in total. The van der Waals surface area contributed by atoms with Crippen LogP contribution in [0.5, 0.6) is 0 Å². The van der Waals surface area contributed by atoms with Crippen LogP contribution >= 0.6 is 0 Å². The summed E-state index contributed by atoms with van der Waals surface area (Å²) in [6.45, 7) is 6.54. The van der Waals surface area contributed by atoms with Gasteiger partial charge in [-0.1, -0.05) is 31.7 Å². The summed E-state index contributed by atoms with van der Waals surface area (Å²) >= 11 is 0. The lowest BCUT2D eigenvalue weighted by Gasteiger charge is -2.29. The SMILES string of the molecule is C=C(NC1CCC(C)CC1)C1=CC=CCC1. The molecule has 0 aromatic carbocycles. The van der Waals surface area contributed by atoms with Crippen LogP contribution in [0.1, 0.15) is 45.4 Å². The van der Waals surface area contributed by atoms with Crippen LogP contribution < -0.4 is 5.32 Å². The molecule has 0 saturated heterocycles. The minimum Gasteiger partial charge on any atom is -0.383 e. The average Bonchev–Trinajstić information content (AvgIpc) is 2.33. The molecule has 16 heavy (non-hydrogen) atoms. The van der Waals surface area contributed by atoms with E-state index in [2.05, 4.69) is 37.0 Å². The van der Waals surface area contributed by atoms with Crippen LogP contribution in [0.15, 0.2) is 36.1 Å². The summed E-state index contributed by atoms with van der Waals surface area (Å²) in [5.41, 5.74) is 2.55. The summed E-state index contributed by atoms with van der Waals surface area (Å²) in [7, 11) is 0. The van der Waals surface area contributed by atoms with Crippen LogP contribution in [0.2, 0.25) is 0 Å². The van der Waals surface area contributed by atoms with Gasteiger partial charge in [0.1, 0.15) is 0 Å². The molecule has 88 valence electrons. The highest BCUT2D eigenvalue weighted by Gasteiger charge is 2.18. The van der Waals surface area contributed by atoms with Gasteiger partial charge in [0.05, 0.1) is 0 Å². The Morgan fingerprint density at radius 2 is 2.06 bits per heavy atom. The molecule has 0 bridgehead atoms. The monoisotopic (exact) mass is 217 g/mol. The Kier molecular flexibility index (Phi) is 3.87. The lowest BCUT2D eigenvalue weighted by Crippen LogP contribution is -2.32. The molecule has 2 rings (SSSR count). The molecular formula is C15H23N. The van der Waals surface area contributed by atoms with Gasteiger partial charge in [0.2, 0.25) is 0 Å². The third-order valence-corrected chi connectivity index (χ3v) is 3.80. The van der Waals surface area contributed by atoms with Crippen molar-refractivity contribution in [2.75, 3.05) is 0 Å². The van der Waals surface area contributed by atoms with E-state index in [4.69, 9.17) is 0 Å². The Balaban J connectivity index is 1.83. The van der Waals surface area contributed by atoms with Gasteiger partial charge in [0.15, 0.2) is 0 Å². The van der Waals surface area contributed by atoms with Gasteiger partial charge < -0.3 is 5.32 Å². The number of allylic oxidation sites excluding steroid dienone is 4. The van der Waals surface area contributed by atoms with Gasteiger partial charge in [0.25, 0.3) is 0 Å². The zero-order valence-electron chi connectivity index (χ0n) is 10.3. The number of nitrogens with one attached hydrogen (secondary N) is 1. The highest BCUT2D eigenvalue weighted by molar-refractivity contribution is 5.33. The van der Waals surface area contributed by atoms with Crippen molar-refractivity contribution in [1.82, 2.24) is 5.32 Å². The second kappa shape index (κ2) is 5.38. The largest absolute Gasteiger partial charge is 0.383 e. The molecule has 1 saturated carbocycles. The number of hydrogen-bond donors (Lipinski definition) is 1. The molecule has 1 heteroatoms. The van der Waals surface area contributed by atoms with Crippen molar-refractivity contribution in [2.45, 2.75) is 51.5 Å². The van der Waals surface area contributed by atoms with E-state index in [1.807, 2.05) is 0 Å². The van der Waals surface area contributed by atoms with E-state index in [0.29, 0.717) is 6.04 Å². The molecule has 0 aliphatic heterocycles. The molecule has 0 amide bonds. The first kappa shape index (κ1) is 11.5. The van der Waals surface area contributed by atoms with Crippen molar-refractivity contribution < 1.29 is 0 Å². The molecule has 0 spiro atoms. The lowest BCUT2D eigenvalue weighted by atomic mass is 9.87. The maximum Gasteiger partial charge on any atom is 0.0301 e. The summed E-state index contributed by atoms with van der Waals surface area (Å²) in [4.78, 5) is 0. The van der Waals surface area contributed by atoms with Crippen LogP contribution in [-0.2, 0) is 0 Å². The van der Waals surface area contributed by atoms with Crippen molar-refractivity contribution >= 4 is 0 Å². The second-order valence-corrected chi connectivity index (χ2v) is 5.24. The molecule has 2 aliphatic carbocycles. The van der Waals surface area contributed by atoms with Crippen LogP contribution in [0.4, 0.5) is 0 Å². The van der Waals surface area contributed by atoms with E-state index < -0.39 is 0 Å². The predicted octanol–water partition coefficient (Wildman–Crippen LogP) is 3.94. The third-order valence-electron chi connectivity index (χ3n) is 3.80. The highest BCUT2D eigenvalue weighted by Crippen LogP contribution is 2.25. The standard InChI is InChI=1S/C15H23N/c1-12-8-10-15(11-9-12)16-13(2)14-6-4-3-5-7-14/h3-4,6,12,15-16H,2,5,7-11H2,1H3. The highest BCUT2D eigenvalue weighted by atomic mass is 14.9. The lowest BCUT2D eigenvalue weighted by molar-refractivity contribution is 0.322. The van der Waals surface area contributed by atoms with E-state index >= 15 is 0 Å². The molecule has 1 nitrogen and oxygen atoms in total. The molecule has 0 aromatic rings.